The first-order valence-corrected chi connectivity index (χ1v) is 23.9. The number of amides is 7. The van der Waals surface area contributed by atoms with E-state index in [9.17, 15) is 48.3 Å². The lowest BCUT2D eigenvalue weighted by atomic mass is 9.94. The van der Waals surface area contributed by atoms with Gasteiger partial charge < -0.3 is 62.8 Å². The van der Waals surface area contributed by atoms with Gasteiger partial charge in [0, 0.05) is 33.0 Å². The average Bonchev–Trinajstić information content (AvgIpc) is 3.33. The molecule has 0 bridgehead atoms. The SMILES string of the molecule is C=C1C(=O)N[C@H](C)C(=O)N[C@@H](CC(C)C)C(=O)N[C@@H](C(=O)OC)[C@H](C)C(=O)N[C@@H](CCCN=C(N)N)C(=O)N[C@@H](/C=C/C(C)=C/[C@H](C)[C@H](Cc2ccccc2)OC)[C@H](C)C(=O)N[C@@H](C(=O)O)CCC(=O)N1C. The second-order valence-electron chi connectivity index (χ2n) is 18.4. The number of aliphatic imine (C=N–C) groups is 1. The van der Waals surface area contributed by atoms with E-state index in [1.807, 2.05) is 50.3 Å². The van der Waals surface area contributed by atoms with Crippen LogP contribution in [0.15, 0.2) is 71.4 Å². The number of carboxylic acid groups (broad SMARTS) is 1. The molecule has 0 saturated carbocycles. The number of aliphatic carboxylic acids is 1. The highest BCUT2D eigenvalue weighted by Gasteiger charge is 2.38. The van der Waals surface area contributed by atoms with E-state index < -0.39 is 120 Å². The minimum Gasteiger partial charge on any atom is -0.480 e. The van der Waals surface area contributed by atoms with E-state index in [1.54, 1.807) is 33.1 Å². The van der Waals surface area contributed by atoms with E-state index in [4.69, 9.17) is 20.9 Å². The van der Waals surface area contributed by atoms with Gasteiger partial charge in [-0.2, -0.15) is 0 Å². The number of nitrogens with two attached hydrogens (primary N) is 2. The number of hydrogen-bond acceptors (Lipinski definition) is 12. The maximum atomic E-state index is 14.5. The zero-order valence-electron chi connectivity index (χ0n) is 43.1. The number of rotatable bonds is 15. The third-order valence-electron chi connectivity index (χ3n) is 12.2. The molecule has 22 heteroatoms. The molecule has 398 valence electrons. The van der Waals surface area contributed by atoms with Crippen molar-refractivity contribution in [2.24, 2.45) is 40.1 Å². The normalized spacial score (nSPS) is 25.1. The third kappa shape index (κ3) is 20.0. The Morgan fingerprint density at radius 2 is 1.47 bits per heavy atom. The molecule has 0 spiro atoms. The topological polar surface area (TPSA) is 332 Å². The van der Waals surface area contributed by atoms with Crippen LogP contribution < -0.4 is 43.4 Å². The molecule has 0 unspecified atom stereocenters. The third-order valence-corrected chi connectivity index (χ3v) is 12.2. The summed E-state index contributed by atoms with van der Waals surface area (Å²) in [6.07, 6.45) is 4.83. The van der Waals surface area contributed by atoms with Crippen LogP contribution in [0.3, 0.4) is 0 Å². The molecule has 2 rings (SSSR count). The molecular weight excluding hydrogens is 933 g/mol. The summed E-state index contributed by atoms with van der Waals surface area (Å²) in [6.45, 7) is 15.1. The minimum absolute atomic E-state index is 0.0453. The van der Waals surface area contributed by atoms with Crippen molar-refractivity contribution in [3.8, 4) is 0 Å². The molecule has 10 atom stereocenters. The number of carboxylic acids is 1. The zero-order valence-corrected chi connectivity index (χ0v) is 43.1. The quantitative estimate of drug-likeness (QED) is 0.0292. The molecule has 0 radical (unpaired) electrons. The van der Waals surface area contributed by atoms with Crippen molar-refractivity contribution in [1.29, 1.82) is 0 Å². The Morgan fingerprint density at radius 3 is 2.06 bits per heavy atom. The summed E-state index contributed by atoms with van der Waals surface area (Å²) >= 11 is 0. The van der Waals surface area contributed by atoms with E-state index in [1.165, 1.54) is 27.8 Å². The van der Waals surface area contributed by atoms with Gasteiger partial charge in [-0.3, -0.25) is 38.6 Å². The summed E-state index contributed by atoms with van der Waals surface area (Å²) in [6, 6.07) is 1.42. The van der Waals surface area contributed by atoms with Gasteiger partial charge in [-0.05, 0) is 57.4 Å². The summed E-state index contributed by atoms with van der Waals surface area (Å²) in [5.41, 5.74) is 12.5. The second-order valence-corrected chi connectivity index (χ2v) is 18.4. The number of guanidine groups is 1. The molecule has 1 saturated heterocycles. The van der Waals surface area contributed by atoms with Gasteiger partial charge in [-0.25, -0.2) is 9.59 Å². The first kappa shape index (κ1) is 61.0. The Balaban J connectivity index is 2.76. The Morgan fingerprint density at radius 1 is 0.861 bits per heavy atom. The number of esters is 1. The summed E-state index contributed by atoms with van der Waals surface area (Å²) in [5, 5.41) is 25.6. The Bertz CT molecular complexity index is 2180. The highest BCUT2D eigenvalue weighted by Crippen LogP contribution is 2.19. The fourth-order valence-corrected chi connectivity index (χ4v) is 7.57. The number of carbonyl (C=O) groups is 9. The van der Waals surface area contributed by atoms with Crippen molar-refractivity contribution in [1.82, 2.24) is 36.8 Å². The smallest absolute Gasteiger partial charge is 0.329 e. The lowest BCUT2D eigenvalue weighted by molar-refractivity contribution is -0.149. The van der Waals surface area contributed by atoms with Gasteiger partial charge in [0.1, 0.15) is 35.9 Å². The maximum Gasteiger partial charge on any atom is 0.329 e. The van der Waals surface area contributed by atoms with E-state index >= 15 is 0 Å². The van der Waals surface area contributed by atoms with Gasteiger partial charge in [-0.15, -0.1) is 0 Å². The highest BCUT2D eigenvalue weighted by atomic mass is 16.5. The van der Waals surface area contributed by atoms with Crippen molar-refractivity contribution in [3.63, 3.8) is 0 Å². The Labute approximate surface area is 422 Å². The lowest BCUT2D eigenvalue weighted by Crippen LogP contribution is -2.59. The van der Waals surface area contributed by atoms with Crippen molar-refractivity contribution in [2.75, 3.05) is 27.8 Å². The van der Waals surface area contributed by atoms with Gasteiger partial charge in [0.2, 0.25) is 35.4 Å². The predicted octanol–water partition coefficient (Wildman–Crippen LogP) is 0.707. The number of hydrogen-bond donors (Lipinski definition) is 9. The molecule has 7 amide bonds. The molecule has 11 N–H and O–H groups in total. The maximum absolute atomic E-state index is 14.5. The fraction of sp³-hybridized carbons (Fsp3) is 0.560. The monoisotopic (exact) mass is 1010 g/mol. The number of methoxy groups -OCH3 is 2. The molecule has 1 aliphatic heterocycles. The van der Waals surface area contributed by atoms with E-state index in [0.717, 1.165) is 23.1 Å². The van der Waals surface area contributed by atoms with Gasteiger partial charge in [-0.1, -0.05) is 95.3 Å². The van der Waals surface area contributed by atoms with Crippen LogP contribution >= 0.6 is 0 Å². The van der Waals surface area contributed by atoms with Gasteiger partial charge in [0.05, 0.1) is 31.1 Å². The molecule has 0 aromatic heterocycles. The summed E-state index contributed by atoms with van der Waals surface area (Å²) in [4.78, 5) is 127. The number of likely N-dealkylation sites (N-methyl/N-ethyl adjacent to an activating group) is 1. The van der Waals surface area contributed by atoms with Gasteiger partial charge >= 0.3 is 11.9 Å². The molecule has 22 nitrogen and oxygen atoms in total. The first-order valence-electron chi connectivity index (χ1n) is 23.9. The number of benzene rings is 1. The Kier molecular flexibility index (Phi) is 25.4. The fourth-order valence-electron chi connectivity index (χ4n) is 7.57. The van der Waals surface area contributed by atoms with Crippen molar-refractivity contribution < 1.29 is 57.7 Å². The van der Waals surface area contributed by atoms with Gasteiger partial charge in [0.25, 0.3) is 5.91 Å². The van der Waals surface area contributed by atoms with Crippen molar-refractivity contribution in [2.45, 2.75) is 129 Å². The molecule has 1 fully saturated rings. The van der Waals surface area contributed by atoms with Crippen molar-refractivity contribution >= 4 is 59.2 Å². The number of allylic oxidation sites excluding steroid dienone is 2. The van der Waals surface area contributed by atoms with Crippen LogP contribution in [0, 0.1) is 23.7 Å². The summed E-state index contributed by atoms with van der Waals surface area (Å²) in [5.74, 6) is -11.5. The van der Waals surface area contributed by atoms with Crippen LogP contribution in [0.25, 0.3) is 0 Å². The van der Waals surface area contributed by atoms with E-state index in [2.05, 4.69) is 43.5 Å². The van der Waals surface area contributed by atoms with Crippen LogP contribution in [-0.2, 0) is 59.0 Å². The van der Waals surface area contributed by atoms with Gasteiger partial charge in [0.15, 0.2) is 5.96 Å². The van der Waals surface area contributed by atoms with Crippen LogP contribution in [0.1, 0.15) is 86.1 Å². The second kappa shape index (κ2) is 29.9. The molecule has 1 aromatic carbocycles. The van der Waals surface area contributed by atoms with Crippen LogP contribution in [-0.4, -0.2) is 139 Å². The summed E-state index contributed by atoms with van der Waals surface area (Å²) in [7, 11) is 3.89. The number of ether oxygens (including phenoxy) is 2. The van der Waals surface area contributed by atoms with Crippen LogP contribution in [0.4, 0.5) is 0 Å². The van der Waals surface area contributed by atoms with Crippen molar-refractivity contribution in [3.05, 3.63) is 72.0 Å². The van der Waals surface area contributed by atoms with Crippen LogP contribution in [0.2, 0.25) is 0 Å². The number of carbonyl (C=O) groups excluding carboxylic acids is 8. The number of nitrogens with zero attached hydrogens (tertiary/aromatic N) is 2. The zero-order chi connectivity index (χ0) is 54.4. The molecular formula is C50H76N10O12. The minimum atomic E-state index is -1.65. The van der Waals surface area contributed by atoms with Crippen LogP contribution in [0.5, 0.6) is 0 Å². The molecule has 1 aromatic rings. The largest absolute Gasteiger partial charge is 0.480 e. The number of nitrogens with one attached hydrogen (secondary N) is 6. The molecule has 1 aliphatic rings. The van der Waals surface area contributed by atoms with E-state index in [-0.39, 0.29) is 49.7 Å². The highest BCUT2D eigenvalue weighted by molar-refractivity contribution is 6.00. The first-order chi connectivity index (χ1) is 33.8. The Hall–Kier alpha value is -7.10. The average molecular weight is 1010 g/mol. The molecule has 1 heterocycles. The molecule has 0 aliphatic carbocycles. The standard InChI is InChI=1S/C50H76N10O12/c1-27(2)24-38-47(67)59-41(49(70)72-11)31(6)43(63)56-36(18-15-23-53-50(51)52)46(66)55-35(20-19-28(3)25-29(4)39(71-10)26-34-16-13-12-14-17-34)30(5)42(62)57-37(48(68)69)21-22-40(61)60(9)33(8)45(65)54-32(7)44(64)58-38/h12-14,16-17,19-20,25,27,29-32,35-39,41H,8,15,18,21-24,26H2,1-7,9-11H3,(H,54,65)(H,55,66)(H,56,63)(H,57,62)(H,58,64)(H,59,67)(H,68,69)(H4,51,52,53)/b20-19+,28-25+/t29-,30-,31-,32+,35-,36-,37+,38-,39-,41+/m0/s1. The van der Waals surface area contributed by atoms with E-state index in [0.29, 0.717) is 6.42 Å². The summed E-state index contributed by atoms with van der Waals surface area (Å²) < 4.78 is 10.8. The predicted molar refractivity (Wildman–Crippen MR) is 269 cm³/mol. The lowest BCUT2D eigenvalue weighted by Gasteiger charge is -2.29. The molecule has 72 heavy (non-hydrogen) atoms.